The highest BCUT2D eigenvalue weighted by Crippen LogP contribution is 2.06. The molecule has 1 atom stereocenters. The van der Waals surface area contributed by atoms with Crippen LogP contribution in [0.15, 0.2) is 12.7 Å². The molecular formula is C7H12F2O2. The lowest BCUT2D eigenvalue weighted by Crippen LogP contribution is -2.19. The molecule has 11 heavy (non-hydrogen) atoms. The van der Waals surface area contributed by atoms with Gasteiger partial charge in [-0.3, -0.25) is 4.74 Å². The summed E-state index contributed by atoms with van der Waals surface area (Å²) in [6.07, 6.45) is 1.06. The van der Waals surface area contributed by atoms with Gasteiger partial charge in [-0.2, -0.15) is 8.78 Å². The second-order valence-corrected chi connectivity index (χ2v) is 1.86. The van der Waals surface area contributed by atoms with Gasteiger partial charge in [0.1, 0.15) is 0 Å². The zero-order valence-corrected chi connectivity index (χ0v) is 6.43. The van der Waals surface area contributed by atoms with E-state index in [-0.39, 0.29) is 6.61 Å². The Bertz CT molecular complexity index is 107. The number of alkyl halides is 2. The molecule has 66 valence electrons. The highest BCUT2D eigenvalue weighted by atomic mass is 19.3. The summed E-state index contributed by atoms with van der Waals surface area (Å²) in [5, 5.41) is 0. The Morgan fingerprint density at radius 3 is 2.55 bits per heavy atom. The first-order valence-electron chi connectivity index (χ1n) is 3.36. The van der Waals surface area contributed by atoms with Gasteiger partial charge >= 0.3 is 6.61 Å². The maximum absolute atomic E-state index is 11.6. The van der Waals surface area contributed by atoms with Crippen LogP contribution in [0.5, 0.6) is 0 Å². The number of ether oxygens (including phenoxy) is 2. The van der Waals surface area contributed by atoms with Gasteiger partial charge in [-0.1, -0.05) is 13.0 Å². The van der Waals surface area contributed by atoms with Crippen LogP contribution in [0.25, 0.3) is 0 Å². The van der Waals surface area contributed by atoms with Crippen LogP contribution in [0.4, 0.5) is 8.78 Å². The van der Waals surface area contributed by atoms with Crippen LogP contribution in [0.1, 0.15) is 13.3 Å². The molecule has 0 saturated carbocycles. The first kappa shape index (κ1) is 10.5. The normalized spacial score (nSPS) is 13.5. The van der Waals surface area contributed by atoms with Crippen LogP contribution in [0, 0.1) is 0 Å². The van der Waals surface area contributed by atoms with Crippen molar-refractivity contribution < 1.29 is 18.3 Å². The van der Waals surface area contributed by atoms with Gasteiger partial charge in [0, 0.05) is 0 Å². The Kier molecular flexibility index (Phi) is 5.97. The van der Waals surface area contributed by atoms with E-state index in [1.54, 1.807) is 6.92 Å². The van der Waals surface area contributed by atoms with Crippen molar-refractivity contribution in [2.45, 2.75) is 26.2 Å². The maximum Gasteiger partial charge on any atom is 0.347 e. The Labute approximate surface area is 64.8 Å². The molecule has 0 aliphatic carbocycles. The molecule has 0 aliphatic rings. The van der Waals surface area contributed by atoms with E-state index < -0.39 is 12.9 Å². The second kappa shape index (κ2) is 6.24. The largest absolute Gasteiger partial charge is 0.348 e. The van der Waals surface area contributed by atoms with Gasteiger partial charge in [0.15, 0.2) is 6.29 Å². The standard InChI is InChI=1S/C7H12F2O2/c1-3-5-10-6(4-2)11-7(8)9/h3,6-7H,1,4-5H2,2H3. The fourth-order valence-electron chi connectivity index (χ4n) is 0.543. The summed E-state index contributed by atoms with van der Waals surface area (Å²) in [7, 11) is 0. The first-order chi connectivity index (χ1) is 5.20. The molecule has 0 aliphatic heterocycles. The first-order valence-corrected chi connectivity index (χ1v) is 3.36. The van der Waals surface area contributed by atoms with Crippen molar-refractivity contribution in [2.75, 3.05) is 6.61 Å². The minimum atomic E-state index is -2.77. The summed E-state index contributed by atoms with van der Waals surface area (Å²) in [5.41, 5.74) is 0. The highest BCUT2D eigenvalue weighted by Gasteiger charge is 2.11. The van der Waals surface area contributed by atoms with Gasteiger partial charge in [0.05, 0.1) is 6.61 Å². The van der Waals surface area contributed by atoms with Crippen molar-refractivity contribution >= 4 is 0 Å². The summed E-state index contributed by atoms with van der Waals surface area (Å²) in [6, 6.07) is 0. The molecule has 0 aromatic heterocycles. The maximum atomic E-state index is 11.6. The number of halogens is 2. The van der Waals surface area contributed by atoms with Gasteiger partial charge in [0.25, 0.3) is 0 Å². The van der Waals surface area contributed by atoms with Crippen molar-refractivity contribution in [3.05, 3.63) is 12.7 Å². The Balaban J connectivity index is 3.48. The molecule has 0 aromatic rings. The Hall–Kier alpha value is -0.480. The van der Waals surface area contributed by atoms with Crippen LogP contribution in [0.2, 0.25) is 0 Å². The van der Waals surface area contributed by atoms with E-state index in [1.807, 2.05) is 0 Å². The molecule has 0 aromatic carbocycles. The topological polar surface area (TPSA) is 18.5 Å². The fraction of sp³-hybridized carbons (Fsp3) is 0.714. The molecule has 0 radical (unpaired) electrons. The van der Waals surface area contributed by atoms with E-state index >= 15 is 0 Å². The molecular weight excluding hydrogens is 154 g/mol. The molecule has 0 N–H and O–H groups in total. The molecule has 0 heterocycles. The van der Waals surface area contributed by atoms with Crippen molar-refractivity contribution in [3.8, 4) is 0 Å². The van der Waals surface area contributed by atoms with Gasteiger partial charge in [0.2, 0.25) is 0 Å². The van der Waals surface area contributed by atoms with Gasteiger partial charge in [-0.05, 0) is 6.42 Å². The fourth-order valence-corrected chi connectivity index (χ4v) is 0.543. The number of hydrogen-bond acceptors (Lipinski definition) is 2. The number of rotatable bonds is 6. The average molecular weight is 166 g/mol. The van der Waals surface area contributed by atoms with Gasteiger partial charge in [-0.15, -0.1) is 6.58 Å². The summed E-state index contributed by atoms with van der Waals surface area (Å²) >= 11 is 0. The highest BCUT2D eigenvalue weighted by molar-refractivity contribution is 4.64. The van der Waals surface area contributed by atoms with E-state index in [1.165, 1.54) is 6.08 Å². The quantitative estimate of drug-likeness (QED) is 0.444. The lowest BCUT2D eigenvalue weighted by atomic mass is 10.5. The summed E-state index contributed by atoms with van der Waals surface area (Å²) in [4.78, 5) is 0. The Morgan fingerprint density at radius 1 is 1.55 bits per heavy atom. The van der Waals surface area contributed by atoms with E-state index in [0.717, 1.165) is 0 Å². The lowest BCUT2D eigenvalue weighted by molar-refractivity contribution is -0.242. The van der Waals surface area contributed by atoms with Crippen LogP contribution in [-0.2, 0) is 9.47 Å². The number of hydrogen-bond donors (Lipinski definition) is 0. The van der Waals surface area contributed by atoms with E-state index in [9.17, 15) is 8.78 Å². The van der Waals surface area contributed by atoms with Gasteiger partial charge < -0.3 is 4.74 Å². The predicted molar refractivity (Wildman–Crippen MR) is 37.3 cm³/mol. The van der Waals surface area contributed by atoms with Crippen LogP contribution < -0.4 is 0 Å². The Morgan fingerprint density at radius 2 is 2.18 bits per heavy atom. The molecule has 0 bridgehead atoms. The molecule has 0 amide bonds. The predicted octanol–water partition coefficient (Wildman–Crippen LogP) is 2.16. The van der Waals surface area contributed by atoms with Gasteiger partial charge in [-0.25, -0.2) is 0 Å². The van der Waals surface area contributed by atoms with E-state index in [2.05, 4.69) is 11.3 Å². The molecule has 4 heteroatoms. The van der Waals surface area contributed by atoms with Crippen molar-refractivity contribution in [1.82, 2.24) is 0 Å². The zero-order valence-electron chi connectivity index (χ0n) is 6.43. The van der Waals surface area contributed by atoms with Crippen molar-refractivity contribution in [2.24, 2.45) is 0 Å². The third-order valence-electron chi connectivity index (χ3n) is 0.988. The van der Waals surface area contributed by atoms with Crippen molar-refractivity contribution in [3.63, 3.8) is 0 Å². The molecule has 2 nitrogen and oxygen atoms in total. The SMILES string of the molecule is C=CCOC(CC)OC(F)F. The minimum Gasteiger partial charge on any atom is -0.348 e. The van der Waals surface area contributed by atoms with Crippen LogP contribution in [0.3, 0.4) is 0 Å². The molecule has 0 rings (SSSR count). The van der Waals surface area contributed by atoms with Crippen molar-refractivity contribution in [1.29, 1.82) is 0 Å². The molecule has 0 spiro atoms. The van der Waals surface area contributed by atoms with E-state index in [4.69, 9.17) is 4.74 Å². The second-order valence-electron chi connectivity index (χ2n) is 1.86. The molecule has 0 fully saturated rings. The molecule has 1 unspecified atom stereocenters. The third-order valence-corrected chi connectivity index (χ3v) is 0.988. The summed E-state index contributed by atoms with van der Waals surface area (Å²) in [5.74, 6) is 0. The zero-order chi connectivity index (χ0) is 8.69. The summed E-state index contributed by atoms with van der Waals surface area (Å²) < 4.78 is 32.1. The third kappa shape index (κ3) is 5.94. The lowest BCUT2D eigenvalue weighted by Gasteiger charge is -2.14. The van der Waals surface area contributed by atoms with Crippen LogP contribution >= 0.6 is 0 Å². The van der Waals surface area contributed by atoms with Crippen LogP contribution in [-0.4, -0.2) is 19.5 Å². The average Bonchev–Trinajstić information content (AvgIpc) is 1.97. The smallest absolute Gasteiger partial charge is 0.347 e. The minimum absolute atomic E-state index is 0.227. The van der Waals surface area contributed by atoms with E-state index in [0.29, 0.717) is 6.42 Å². The summed E-state index contributed by atoms with van der Waals surface area (Å²) in [6.45, 7) is 2.54. The molecule has 0 saturated heterocycles. The monoisotopic (exact) mass is 166 g/mol.